The summed E-state index contributed by atoms with van der Waals surface area (Å²) < 4.78 is 0. The van der Waals surface area contributed by atoms with E-state index in [1.165, 1.54) is 22.3 Å². The predicted octanol–water partition coefficient (Wildman–Crippen LogP) is 4.53. The molecule has 28 heavy (non-hydrogen) atoms. The molecule has 1 heterocycles. The van der Waals surface area contributed by atoms with E-state index in [1.54, 1.807) is 0 Å². The van der Waals surface area contributed by atoms with Crippen molar-refractivity contribution < 1.29 is 4.79 Å². The van der Waals surface area contributed by atoms with Crippen LogP contribution < -0.4 is 10.6 Å². The van der Waals surface area contributed by atoms with E-state index >= 15 is 0 Å². The summed E-state index contributed by atoms with van der Waals surface area (Å²) in [6.45, 7) is 4.71. The molecular formula is C25H26N2O. The van der Waals surface area contributed by atoms with Gasteiger partial charge in [-0.25, -0.2) is 0 Å². The van der Waals surface area contributed by atoms with E-state index in [-0.39, 0.29) is 5.91 Å². The molecule has 3 heteroatoms. The van der Waals surface area contributed by atoms with Crippen LogP contribution in [0.2, 0.25) is 0 Å². The van der Waals surface area contributed by atoms with Crippen LogP contribution in [0.25, 0.3) is 11.1 Å². The summed E-state index contributed by atoms with van der Waals surface area (Å²) in [4.78, 5) is 12.7. The van der Waals surface area contributed by atoms with Crippen LogP contribution in [-0.4, -0.2) is 19.0 Å². The van der Waals surface area contributed by atoms with Gasteiger partial charge in [-0.15, -0.1) is 0 Å². The van der Waals surface area contributed by atoms with E-state index in [1.807, 2.05) is 24.3 Å². The zero-order chi connectivity index (χ0) is 19.3. The van der Waals surface area contributed by atoms with Crippen LogP contribution in [0, 0.1) is 0 Å². The Kier molecular flexibility index (Phi) is 5.54. The van der Waals surface area contributed by atoms with Gasteiger partial charge >= 0.3 is 0 Å². The summed E-state index contributed by atoms with van der Waals surface area (Å²) in [5, 5.41) is 6.51. The molecule has 1 aliphatic rings. The van der Waals surface area contributed by atoms with Crippen molar-refractivity contribution in [3.8, 4) is 11.1 Å². The van der Waals surface area contributed by atoms with Crippen molar-refractivity contribution in [1.82, 2.24) is 10.6 Å². The Balaban J connectivity index is 1.42. The molecular weight excluding hydrogens is 344 g/mol. The zero-order valence-electron chi connectivity index (χ0n) is 16.2. The Hall–Kier alpha value is -2.91. The van der Waals surface area contributed by atoms with Gasteiger partial charge in [0.05, 0.1) is 0 Å². The second-order valence-corrected chi connectivity index (χ2v) is 7.51. The van der Waals surface area contributed by atoms with Crippen LogP contribution in [0.3, 0.4) is 0 Å². The van der Waals surface area contributed by atoms with Crippen molar-refractivity contribution in [2.24, 2.45) is 0 Å². The van der Waals surface area contributed by atoms with E-state index in [2.05, 4.69) is 66.1 Å². The third-order valence-corrected chi connectivity index (χ3v) is 5.47. The van der Waals surface area contributed by atoms with Gasteiger partial charge in [0.15, 0.2) is 0 Å². The van der Waals surface area contributed by atoms with Gasteiger partial charge in [0.25, 0.3) is 5.91 Å². The van der Waals surface area contributed by atoms with Crippen LogP contribution in [-0.2, 0) is 13.0 Å². The van der Waals surface area contributed by atoms with E-state index in [9.17, 15) is 4.79 Å². The average molecular weight is 370 g/mol. The fraction of sp³-hybridized carbons (Fsp3) is 0.240. The molecule has 0 fully saturated rings. The summed E-state index contributed by atoms with van der Waals surface area (Å²) in [6.07, 6.45) is 1.02. The van der Waals surface area contributed by atoms with Gasteiger partial charge in [-0.2, -0.15) is 0 Å². The first-order valence-corrected chi connectivity index (χ1v) is 9.97. The van der Waals surface area contributed by atoms with Gasteiger partial charge in [-0.05, 0) is 58.8 Å². The van der Waals surface area contributed by atoms with Crippen LogP contribution in [0.15, 0.2) is 72.8 Å². The molecule has 3 aromatic carbocycles. The molecule has 3 aromatic rings. The first kappa shape index (κ1) is 18.5. The fourth-order valence-corrected chi connectivity index (χ4v) is 3.80. The quantitative estimate of drug-likeness (QED) is 0.708. The minimum atomic E-state index is -0.0145. The first-order valence-electron chi connectivity index (χ1n) is 9.97. The Bertz CT molecular complexity index is 948. The Morgan fingerprint density at radius 2 is 1.75 bits per heavy atom. The molecule has 1 aliphatic heterocycles. The second kappa shape index (κ2) is 8.41. The van der Waals surface area contributed by atoms with Gasteiger partial charge in [0.1, 0.15) is 0 Å². The number of benzene rings is 3. The maximum atomic E-state index is 12.7. The molecule has 1 unspecified atom stereocenters. The lowest BCUT2D eigenvalue weighted by Crippen LogP contribution is -2.23. The fourth-order valence-electron chi connectivity index (χ4n) is 3.80. The molecule has 0 spiro atoms. The summed E-state index contributed by atoms with van der Waals surface area (Å²) in [7, 11) is 0. The summed E-state index contributed by atoms with van der Waals surface area (Å²) in [6, 6.07) is 24.8. The Labute approximate surface area is 166 Å². The summed E-state index contributed by atoms with van der Waals surface area (Å²) in [5.41, 5.74) is 6.87. The highest BCUT2D eigenvalue weighted by Gasteiger charge is 2.16. The van der Waals surface area contributed by atoms with E-state index < -0.39 is 0 Å². The van der Waals surface area contributed by atoms with Gasteiger partial charge in [0.2, 0.25) is 0 Å². The van der Waals surface area contributed by atoms with Gasteiger partial charge in [-0.3, -0.25) is 4.79 Å². The molecule has 142 valence electrons. The molecule has 2 N–H and O–H groups in total. The predicted molar refractivity (Wildman–Crippen MR) is 114 cm³/mol. The van der Waals surface area contributed by atoms with Crippen molar-refractivity contribution in [2.75, 3.05) is 13.1 Å². The molecule has 0 bridgehead atoms. The maximum absolute atomic E-state index is 12.7. The molecule has 3 nitrogen and oxygen atoms in total. The lowest BCUT2D eigenvalue weighted by molar-refractivity contribution is 0.0951. The van der Waals surface area contributed by atoms with E-state index in [0.29, 0.717) is 12.5 Å². The molecule has 0 radical (unpaired) electrons. The molecule has 0 saturated heterocycles. The second-order valence-electron chi connectivity index (χ2n) is 7.51. The van der Waals surface area contributed by atoms with Gasteiger partial charge < -0.3 is 10.6 Å². The number of rotatable bonds is 4. The third kappa shape index (κ3) is 4.15. The topological polar surface area (TPSA) is 41.1 Å². The number of hydrogen-bond acceptors (Lipinski definition) is 2. The number of nitrogens with one attached hydrogen (secondary N) is 2. The van der Waals surface area contributed by atoms with Crippen LogP contribution in [0.4, 0.5) is 0 Å². The number of fused-ring (bicyclic) bond motifs is 1. The highest BCUT2D eigenvalue weighted by atomic mass is 16.1. The lowest BCUT2D eigenvalue weighted by Gasteiger charge is -2.14. The maximum Gasteiger partial charge on any atom is 0.251 e. The van der Waals surface area contributed by atoms with Gasteiger partial charge in [0, 0.05) is 18.7 Å². The van der Waals surface area contributed by atoms with E-state index in [0.717, 1.165) is 30.6 Å². The van der Waals surface area contributed by atoms with Crippen LogP contribution in [0.1, 0.15) is 39.9 Å². The molecule has 0 aromatic heterocycles. The lowest BCUT2D eigenvalue weighted by atomic mass is 9.93. The number of hydrogen-bond donors (Lipinski definition) is 2. The molecule has 4 rings (SSSR count). The molecule has 1 amide bonds. The zero-order valence-corrected chi connectivity index (χ0v) is 16.2. The minimum absolute atomic E-state index is 0.0145. The van der Waals surface area contributed by atoms with Crippen molar-refractivity contribution in [3.05, 3.63) is 95.1 Å². The van der Waals surface area contributed by atoms with Crippen LogP contribution >= 0.6 is 0 Å². The van der Waals surface area contributed by atoms with Crippen molar-refractivity contribution >= 4 is 5.91 Å². The number of amides is 1. The standard InChI is InChI=1S/C25H26N2O/c1-18-16-26-14-13-22-11-12-23(15-24(18)22)25(28)27-17-19-7-9-21(10-8-19)20-5-3-2-4-6-20/h2-12,15,18,26H,13-14,16-17H2,1H3,(H,27,28). The molecule has 1 atom stereocenters. The smallest absolute Gasteiger partial charge is 0.251 e. The summed E-state index contributed by atoms with van der Waals surface area (Å²) >= 11 is 0. The monoisotopic (exact) mass is 370 g/mol. The average Bonchev–Trinajstić information content (AvgIpc) is 2.94. The number of carbonyl (C=O) groups is 1. The summed E-state index contributed by atoms with van der Waals surface area (Å²) in [5.74, 6) is 0.412. The first-order chi connectivity index (χ1) is 13.7. The van der Waals surface area contributed by atoms with Crippen molar-refractivity contribution in [1.29, 1.82) is 0 Å². The largest absolute Gasteiger partial charge is 0.348 e. The number of carbonyl (C=O) groups excluding carboxylic acids is 1. The highest BCUT2D eigenvalue weighted by molar-refractivity contribution is 5.94. The normalized spacial score (nSPS) is 16.1. The molecule has 0 saturated carbocycles. The SMILES string of the molecule is CC1CNCCc2ccc(C(=O)NCc3ccc(-c4ccccc4)cc3)cc21. The van der Waals surface area contributed by atoms with Crippen molar-refractivity contribution in [3.63, 3.8) is 0 Å². The van der Waals surface area contributed by atoms with Crippen LogP contribution in [0.5, 0.6) is 0 Å². The third-order valence-electron chi connectivity index (χ3n) is 5.47. The minimum Gasteiger partial charge on any atom is -0.348 e. The molecule has 0 aliphatic carbocycles. The Morgan fingerprint density at radius 3 is 2.54 bits per heavy atom. The van der Waals surface area contributed by atoms with Crippen molar-refractivity contribution in [2.45, 2.75) is 25.8 Å². The highest BCUT2D eigenvalue weighted by Crippen LogP contribution is 2.24. The van der Waals surface area contributed by atoms with E-state index in [4.69, 9.17) is 0 Å². The van der Waals surface area contributed by atoms with Gasteiger partial charge in [-0.1, -0.05) is 67.6 Å². The Morgan fingerprint density at radius 1 is 1.00 bits per heavy atom.